The third kappa shape index (κ3) is 1.75. The third-order valence-electron chi connectivity index (χ3n) is 2.54. The number of hydrogen-bond acceptors (Lipinski definition) is 3. The third-order valence-corrected chi connectivity index (χ3v) is 2.54. The lowest BCUT2D eigenvalue weighted by atomic mass is 10.1. The van der Waals surface area contributed by atoms with Gasteiger partial charge in [-0.2, -0.15) is 0 Å². The number of amides is 1. The van der Waals surface area contributed by atoms with E-state index in [4.69, 9.17) is 5.84 Å². The molecule has 0 fully saturated rings. The molecule has 0 radical (unpaired) electrons. The number of hydrazine groups is 1. The van der Waals surface area contributed by atoms with Crippen molar-refractivity contribution in [2.75, 3.05) is 0 Å². The number of nitrogens with two attached hydrogens (primary N) is 1. The van der Waals surface area contributed by atoms with Crippen LogP contribution in [0.2, 0.25) is 0 Å². The summed E-state index contributed by atoms with van der Waals surface area (Å²) in [6, 6.07) is 7.74. The Hall–Kier alpha value is -1.94. The van der Waals surface area contributed by atoms with Crippen LogP contribution in [-0.4, -0.2) is 10.9 Å². The van der Waals surface area contributed by atoms with E-state index in [-0.39, 0.29) is 5.91 Å². The number of nitrogens with one attached hydrogen (secondary N) is 1. The monoisotopic (exact) mass is 215 g/mol. The van der Waals surface area contributed by atoms with Crippen molar-refractivity contribution < 1.29 is 4.79 Å². The number of carbonyl (C=O) groups is 1. The van der Waals surface area contributed by atoms with E-state index in [1.807, 2.05) is 25.1 Å². The van der Waals surface area contributed by atoms with Crippen LogP contribution in [0.3, 0.4) is 0 Å². The van der Waals surface area contributed by atoms with Crippen molar-refractivity contribution >= 4 is 16.8 Å². The number of benzene rings is 1. The van der Waals surface area contributed by atoms with E-state index in [1.54, 1.807) is 13.0 Å². The van der Waals surface area contributed by atoms with Crippen LogP contribution in [0.1, 0.15) is 21.6 Å². The zero-order valence-electron chi connectivity index (χ0n) is 9.24. The topological polar surface area (TPSA) is 68.0 Å². The highest BCUT2D eigenvalue weighted by Crippen LogP contribution is 2.17. The average molecular weight is 215 g/mol. The molecule has 1 aromatic heterocycles. The maximum absolute atomic E-state index is 11.5. The Bertz CT molecular complexity index is 563. The molecule has 0 unspecified atom stereocenters. The van der Waals surface area contributed by atoms with Gasteiger partial charge < -0.3 is 0 Å². The molecule has 1 heterocycles. The van der Waals surface area contributed by atoms with Crippen molar-refractivity contribution in [3.8, 4) is 0 Å². The quantitative estimate of drug-likeness (QED) is 0.430. The van der Waals surface area contributed by atoms with Gasteiger partial charge in [-0.05, 0) is 31.5 Å². The molecule has 0 saturated heterocycles. The molecule has 4 nitrogen and oxygen atoms in total. The van der Waals surface area contributed by atoms with Gasteiger partial charge in [-0.15, -0.1) is 0 Å². The minimum absolute atomic E-state index is 0.313. The highest BCUT2D eigenvalue weighted by Gasteiger charge is 2.09. The fourth-order valence-corrected chi connectivity index (χ4v) is 1.68. The van der Waals surface area contributed by atoms with Crippen molar-refractivity contribution in [2.24, 2.45) is 5.84 Å². The fraction of sp³-hybridized carbons (Fsp3) is 0.167. The molecule has 0 saturated carbocycles. The highest BCUT2D eigenvalue weighted by atomic mass is 16.2. The number of nitrogen functional groups attached to an aromatic ring is 1. The summed E-state index contributed by atoms with van der Waals surface area (Å²) < 4.78 is 0. The average Bonchev–Trinajstić information content (AvgIpc) is 2.27. The number of pyridine rings is 1. The molecule has 0 aliphatic heterocycles. The van der Waals surface area contributed by atoms with Gasteiger partial charge in [0.05, 0.1) is 16.8 Å². The summed E-state index contributed by atoms with van der Waals surface area (Å²) in [6.07, 6.45) is 0. The molecular weight excluding hydrogens is 202 g/mol. The van der Waals surface area contributed by atoms with Gasteiger partial charge >= 0.3 is 0 Å². The number of carbonyl (C=O) groups excluding carboxylic acids is 1. The second-order valence-corrected chi connectivity index (χ2v) is 3.79. The summed E-state index contributed by atoms with van der Waals surface area (Å²) >= 11 is 0. The van der Waals surface area contributed by atoms with E-state index in [9.17, 15) is 4.79 Å². The van der Waals surface area contributed by atoms with Gasteiger partial charge in [0.1, 0.15) is 0 Å². The number of nitrogens with zero attached hydrogens (tertiary/aromatic N) is 1. The summed E-state index contributed by atoms with van der Waals surface area (Å²) in [4.78, 5) is 15.9. The normalized spacial score (nSPS) is 10.4. The van der Waals surface area contributed by atoms with E-state index in [1.165, 1.54) is 0 Å². The van der Waals surface area contributed by atoms with Gasteiger partial charge in [0.2, 0.25) is 0 Å². The molecule has 2 rings (SSSR count). The molecule has 0 bridgehead atoms. The van der Waals surface area contributed by atoms with E-state index in [0.717, 1.165) is 16.5 Å². The number of fused-ring (bicyclic) bond motifs is 1. The Balaban J connectivity index is 2.67. The molecule has 3 N–H and O–H groups in total. The Morgan fingerprint density at radius 2 is 2.06 bits per heavy atom. The zero-order valence-corrected chi connectivity index (χ0v) is 9.24. The molecule has 82 valence electrons. The maximum Gasteiger partial charge on any atom is 0.267 e. The van der Waals surface area contributed by atoms with Gasteiger partial charge in [0, 0.05) is 5.39 Å². The first kappa shape index (κ1) is 10.6. The Kier molecular flexibility index (Phi) is 2.58. The number of aromatic nitrogens is 1. The van der Waals surface area contributed by atoms with Crippen LogP contribution in [0.15, 0.2) is 24.3 Å². The highest BCUT2D eigenvalue weighted by molar-refractivity contribution is 5.98. The van der Waals surface area contributed by atoms with Crippen molar-refractivity contribution in [3.05, 3.63) is 41.1 Å². The molecule has 0 aliphatic rings. The number of hydrogen-bond donors (Lipinski definition) is 2. The molecule has 1 amide bonds. The predicted octanol–water partition coefficient (Wildman–Crippen LogP) is 1.46. The maximum atomic E-state index is 11.5. The molecule has 0 atom stereocenters. The summed E-state index contributed by atoms with van der Waals surface area (Å²) in [6.45, 7) is 3.81. The first-order valence-corrected chi connectivity index (χ1v) is 5.01. The van der Waals surface area contributed by atoms with Gasteiger partial charge in [-0.3, -0.25) is 15.2 Å². The molecule has 0 aliphatic carbocycles. The van der Waals surface area contributed by atoms with Gasteiger partial charge in [-0.25, -0.2) is 5.84 Å². The van der Waals surface area contributed by atoms with E-state index in [2.05, 4.69) is 10.4 Å². The minimum atomic E-state index is -0.313. The smallest absolute Gasteiger partial charge is 0.267 e. The van der Waals surface area contributed by atoms with Crippen LogP contribution in [-0.2, 0) is 0 Å². The van der Waals surface area contributed by atoms with Crippen LogP contribution in [0.5, 0.6) is 0 Å². The molecule has 1 aromatic carbocycles. The van der Waals surface area contributed by atoms with Crippen molar-refractivity contribution in [1.29, 1.82) is 0 Å². The lowest BCUT2D eigenvalue weighted by Gasteiger charge is -2.06. The lowest BCUT2D eigenvalue weighted by molar-refractivity contribution is 0.0953. The van der Waals surface area contributed by atoms with Gasteiger partial charge in [0.15, 0.2) is 0 Å². The van der Waals surface area contributed by atoms with Crippen LogP contribution >= 0.6 is 0 Å². The van der Waals surface area contributed by atoms with Crippen molar-refractivity contribution in [2.45, 2.75) is 13.8 Å². The molecule has 4 heteroatoms. The van der Waals surface area contributed by atoms with Crippen LogP contribution in [0.25, 0.3) is 10.9 Å². The summed E-state index contributed by atoms with van der Waals surface area (Å²) in [5, 5.41) is 0.940. The number of aryl methyl sites for hydroxylation is 2. The Morgan fingerprint density at radius 1 is 1.31 bits per heavy atom. The Morgan fingerprint density at radius 3 is 2.75 bits per heavy atom. The molecular formula is C12H13N3O. The molecule has 2 aromatic rings. The van der Waals surface area contributed by atoms with Crippen molar-refractivity contribution in [1.82, 2.24) is 10.4 Å². The first-order chi connectivity index (χ1) is 7.61. The zero-order chi connectivity index (χ0) is 11.7. The van der Waals surface area contributed by atoms with Crippen LogP contribution in [0.4, 0.5) is 0 Å². The summed E-state index contributed by atoms with van der Waals surface area (Å²) in [5.41, 5.74) is 5.36. The van der Waals surface area contributed by atoms with E-state index >= 15 is 0 Å². The standard InChI is InChI=1S/C12H13N3O/c1-7-3-4-9-6-10(12(16)15-13)8(2)14-11(9)5-7/h3-6H,13H2,1-2H3,(H,15,16). The largest absolute Gasteiger partial charge is 0.290 e. The summed E-state index contributed by atoms with van der Waals surface area (Å²) in [7, 11) is 0. The van der Waals surface area contributed by atoms with E-state index < -0.39 is 0 Å². The molecule has 0 spiro atoms. The second kappa shape index (κ2) is 3.90. The summed E-state index contributed by atoms with van der Waals surface area (Å²) in [5.74, 6) is 4.80. The van der Waals surface area contributed by atoms with Crippen LogP contribution in [0, 0.1) is 13.8 Å². The Labute approximate surface area is 93.4 Å². The van der Waals surface area contributed by atoms with Gasteiger partial charge in [0.25, 0.3) is 5.91 Å². The van der Waals surface area contributed by atoms with Crippen LogP contribution < -0.4 is 11.3 Å². The van der Waals surface area contributed by atoms with Crippen molar-refractivity contribution in [3.63, 3.8) is 0 Å². The fourth-order valence-electron chi connectivity index (χ4n) is 1.68. The number of rotatable bonds is 1. The van der Waals surface area contributed by atoms with E-state index in [0.29, 0.717) is 11.3 Å². The predicted molar refractivity (Wildman–Crippen MR) is 62.9 cm³/mol. The minimum Gasteiger partial charge on any atom is -0.290 e. The molecule has 16 heavy (non-hydrogen) atoms. The second-order valence-electron chi connectivity index (χ2n) is 3.79. The lowest BCUT2D eigenvalue weighted by Crippen LogP contribution is -2.30. The SMILES string of the molecule is Cc1ccc2cc(C(=O)NN)c(C)nc2c1. The van der Waals surface area contributed by atoms with Gasteiger partial charge in [-0.1, -0.05) is 12.1 Å². The first-order valence-electron chi connectivity index (χ1n) is 5.01.